The summed E-state index contributed by atoms with van der Waals surface area (Å²) in [5.41, 5.74) is 2.14. The monoisotopic (exact) mass is 387 g/mol. The maximum absolute atomic E-state index is 5.30. The summed E-state index contributed by atoms with van der Waals surface area (Å²) in [6.07, 6.45) is 1.82. The number of benzene rings is 1. The van der Waals surface area contributed by atoms with E-state index >= 15 is 0 Å². The lowest BCUT2D eigenvalue weighted by Crippen LogP contribution is -2.08. The van der Waals surface area contributed by atoms with Crippen molar-refractivity contribution in [2.75, 3.05) is 12.4 Å². The van der Waals surface area contributed by atoms with Gasteiger partial charge in [0.15, 0.2) is 0 Å². The number of methoxy groups -OCH3 is 1. The molecule has 0 bridgehead atoms. The van der Waals surface area contributed by atoms with Gasteiger partial charge in [0.25, 0.3) is 0 Å². The van der Waals surface area contributed by atoms with Gasteiger partial charge in [-0.3, -0.25) is 4.68 Å². The predicted octanol–water partition coefficient (Wildman–Crippen LogP) is 4.05. The van der Waals surface area contributed by atoms with Crippen molar-refractivity contribution in [2.45, 2.75) is 20.0 Å². The van der Waals surface area contributed by atoms with Crippen LogP contribution < -0.4 is 10.1 Å². The molecule has 6 heteroatoms. The molecule has 0 saturated heterocycles. The van der Waals surface area contributed by atoms with E-state index in [1.54, 1.807) is 7.11 Å². The van der Waals surface area contributed by atoms with E-state index in [0.29, 0.717) is 0 Å². The van der Waals surface area contributed by atoms with Gasteiger partial charge in [-0.25, -0.2) is 0 Å². The first-order valence-corrected chi connectivity index (χ1v) is 7.52. The van der Waals surface area contributed by atoms with Crippen LogP contribution in [0.5, 0.6) is 5.75 Å². The molecule has 0 unspecified atom stereocenters. The number of aromatic nitrogens is 2. The van der Waals surface area contributed by atoms with Crippen molar-refractivity contribution < 1.29 is 4.74 Å². The Balaban J connectivity index is 2.15. The third-order valence-electron chi connectivity index (χ3n) is 2.81. The molecule has 0 aliphatic rings. The van der Waals surface area contributed by atoms with Crippen molar-refractivity contribution in [3.63, 3.8) is 0 Å². The molecular formula is C13H15Br2N3O. The van der Waals surface area contributed by atoms with Crippen LogP contribution in [0.4, 0.5) is 5.69 Å². The quantitative estimate of drug-likeness (QED) is 0.839. The number of ether oxygens (including phenoxy) is 1. The van der Waals surface area contributed by atoms with Gasteiger partial charge in [-0.2, -0.15) is 5.10 Å². The van der Waals surface area contributed by atoms with Crippen molar-refractivity contribution >= 4 is 37.5 Å². The largest absolute Gasteiger partial charge is 0.495 e. The Labute approximate surface area is 129 Å². The zero-order valence-corrected chi connectivity index (χ0v) is 14.0. The van der Waals surface area contributed by atoms with Crippen LogP contribution in [-0.2, 0) is 13.1 Å². The molecule has 0 aliphatic heterocycles. The van der Waals surface area contributed by atoms with E-state index in [0.717, 1.165) is 39.2 Å². The van der Waals surface area contributed by atoms with E-state index in [1.165, 1.54) is 0 Å². The number of rotatable bonds is 5. The molecule has 0 fully saturated rings. The van der Waals surface area contributed by atoms with E-state index in [1.807, 2.05) is 29.1 Å². The van der Waals surface area contributed by atoms with Crippen LogP contribution in [0.1, 0.15) is 12.6 Å². The Bertz CT molecular complexity index is 569. The highest BCUT2D eigenvalue weighted by Crippen LogP contribution is 2.34. The fourth-order valence-corrected chi connectivity index (χ4v) is 3.10. The van der Waals surface area contributed by atoms with Gasteiger partial charge in [0.05, 0.1) is 29.5 Å². The normalized spacial score (nSPS) is 10.5. The number of hydrogen-bond acceptors (Lipinski definition) is 3. The zero-order valence-electron chi connectivity index (χ0n) is 10.8. The van der Waals surface area contributed by atoms with Gasteiger partial charge in [0, 0.05) is 23.3 Å². The number of aryl methyl sites for hydroxylation is 1. The molecule has 19 heavy (non-hydrogen) atoms. The summed E-state index contributed by atoms with van der Waals surface area (Å²) in [6.45, 7) is 3.67. The number of halogens is 2. The molecule has 102 valence electrons. The van der Waals surface area contributed by atoms with Crippen LogP contribution >= 0.6 is 31.9 Å². The minimum absolute atomic E-state index is 0.719. The lowest BCUT2D eigenvalue weighted by Gasteiger charge is -2.12. The SMILES string of the molecule is CCn1nccc1CNc1cc(OC)c(Br)cc1Br. The Hall–Kier alpha value is -1.01. The van der Waals surface area contributed by atoms with Gasteiger partial charge < -0.3 is 10.1 Å². The van der Waals surface area contributed by atoms with Crippen molar-refractivity contribution in [1.82, 2.24) is 9.78 Å². The standard InChI is InChI=1S/C13H15Br2N3O/c1-3-18-9(4-5-17-18)8-16-12-7-13(19-2)11(15)6-10(12)14/h4-7,16H,3,8H2,1-2H3. The first kappa shape index (κ1) is 14.4. The molecule has 4 nitrogen and oxygen atoms in total. The number of nitrogens with one attached hydrogen (secondary N) is 1. The van der Waals surface area contributed by atoms with Gasteiger partial charge in [-0.15, -0.1) is 0 Å². The van der Waals surface area contributed by atoms with Crippen LogP contribution in [0, 0.1) is 0 Å². The lowest BCUT2D eigenvalue weighted by molar-refractivity contribution is 0.412. The van der Waals surface area contributed by atoms with Crippen LogP contribution in [0.25, 0.3) is 0 Å². The molecule has 0 aliphatic carbocycles. The second-order valence-electron chi connectivity index (χ2n) is 3.96. The van der Waals surface area contributed by atoms with Crippen LogP contribution in [0.15, 0.2) is 33.3 Å². The average Bonchev–Trinajstić information content (AvgIpc) is 2.85. The molecule has 1 aromatic carbocycles. The molecule has 2 aromatic rings. The van der Waals surface area contributed by atoms with Crippen molar-refractivity contribution in [2.24, 2.45) is 0 Å². The number of anilines is 1. The van der Waals surface area contributed by atoms with E-state index in [2.05, 4.69) is 49.2 Å². The van der Waals surface area contributed by atoms with E-state index < -0.39 is 0 Å². The Morgan fingerprint density at radius 1 is 1.32 bits per heavy atom. The minimum atomic E-state index is 0.719. The molecule has 0 atom stereocenters. The molecule has 0 amide bonds. The molecule has 1 N–H and O–H groups in total. The minimum Gasteiger partial charge on any atom is -0.495 e. The summed E-state index contributed by atoms with van der Waals surface area (Å²) in [7, 11) is 1.66. The highest BCUT2D eigenvalue weighted by atomic mass is 79.9. The molecule has 1 aromatic heterocycles. The Morgan fingerprint density at radius 2 is 2.11 bits per heavy atom. The van der Waals surface area contributed by atoms with Gasteiger partial charge >= 0.3 is 0 Å². The zero-order chi connectivity index (χ0) is 13.8. The third-order valence-corrected chi connectivity index (χ3v) is 4.08. The Kier molecular flexibility index (Phi) is 4.87. The summed E-state index contributed by atoms with van der Waals surface area (Å²) in [6, 6.07) is 5.94. The second kappa shape index (κ2) is 6.43. The molecule has 0 radical (unpaired) electrons. The maximum Gasteiger partial charge on any atom is 0.135 e. The first-order valence-electron chi connectivity index (χ1n) is 5.93. The molecular weight excluding hydrogens is 374 g/mol. The maximum atomic E-state index is 5.30. The molecule has 1 heterocycles. The van der Waals surface area contributed by atoms with E-state index in [-0.39, 0.29) is 0 Å². The van der Waals surface area contributed by atoms with Crippen LogP contribution in [-0.4, -0.2) is 16.9 Å². The van der Waals surface area contributed by atoms with Crippen LogP contribution in [0.3, 0.4) is 0 Å². The first-order chi connectivity index (χ1) is 9.15. The van der Waals surface area contributed by atoms with Gasteiger partial charge in [0.2, 0.25) is 0 Å². The summed E-state index contributed by atoms with van der Waals surface area (Å²) < 4.78 is 9.18. The van der Waals surface area contributed by atoms with E-state index in [4.69, 9.17) is 4.74 Å². The number of hydrogen-bond donors (Lipinski definition) is 1. The third kappa shape index (κ3) is 3.30. The second-order valence-corrected chi connectivity index (χ2v) is 5.67. The summed E-state index contributed by atoms with van der Waals surface area (Å²) >= 11 is 7.00. The highest BCUT2D eigenvalue weighted by molar-refractivity contribution is 9.11. The summed E-state index contributed by atoms with van der Waals surface area (Å²) in [4.78, 5) is 0. The van der Waals surface area contributed by atoms with Crippen molar-refractivity contribution in [3.05, 3.63) is 39.0 Å². The predicted molar refractivity (Wildman–Crippen MR) is 83.6 cm³/mol. The summed E-state index contributed by atoms with van der Waals surface area (Å²) in [5, 5.41) is 7.63. The summed E-state index contributed by atoms with van der Waals surface area (Å²) in [5.74, 6) is 0.801. The topological polar surface area (TPSA) is 39.1 Å². The van der Waals surface area contributed by atoms with Gasteiger partial charge in [0.1, 0.15) is 5.75 Å². The molecule has 0 spiro atoms. The Morgan fingerprint density at radius 3 is 2.79 bits per heavy atom. The highest BCUT2D eigenvalue weighted by Gasteiger charge is 2.08. The van der Waals surface area contributed by atoms with E-state index in [9.17, 15) is 0 Å². The molecule has 2 rings (SSSR count). The lowest BCUT2D eigenvalue weighted by atomic mass is 10.3. The van der Waals surface area contributed by atoms with Crippen molar-refractivity contribution in [1.29, 1.82) is 0 Å². The van der Waals surface area contributed by atoms with Gasteiger partial charge in [-0.05, 0) is 50.9 Å². The fourth-order valence-electron chi connectivity index (χ4n) is 1.80. The number of nitrogens with zero attached hydrogens (tertiary/aromatic N) is 2. The van der Waals surface area contributed by atoms with Crippen molar-refractivity contribution in [3.8, 4) is 5.75 Å². The smallest absolute Gasteiger partial charge is 0.135 e. The van der Waals surface area contributed by atoms with Crippen LogP contribution in [0.2, 0.25) is 0 Å². The molecule has 0 saturated carbocycles. The average molecular weight is 389 g/mol. The van der Waals surface area contributed by atoms with Gasteiger partial charge in [-0.1, -0.05) is 0 Å². The fraction of sp³-hybridized carbons (Fsp3) is 0.308.